The fourth-order valence-corrected chi connectivity index (χ4v) is 4.71. The molecule has 2 rings (SSSR count). The molecular weight excluding hydrogens is 352 g/mol. The minimum atomic E-state index is -0.0190. The van der Waals surface area contributed by atoms with Crippen molar-refractivity contribution in [2.75, 3.05) is 14.2 Å². The highest BCUT2D eigenvalue weighted by molar-refractivity contribution is 9.10. The molecule has 2 nitrogen and oxygen atoms in total. The fourth-order valence-electron chi connectivity index (χ4n) is 3.36. The summed E-state index contributed by atoms with van der Waals surface area (Å²) in [6, 6.07) is 3.95. The van der Waals surface area contributed by atoms with Crippen molar-refractivity contribution in [3.8, 4) is 11.5 Å². The number of rotatable bonds is 4. The van der Waals surface area contributed by atoms with Gasteiger partial charge in [-0.2, -0.15) is 0 Å². The second kappa shape index (κ2) is 6.78. The van der Waals surface area contributed by atoms with E-state index in [1.54, 1.807) is 14.2 Å². The summed E-state index contributed by atoms with van der Waals surface area (Å²) in [6.45, 7) is 4.67. The highest BCUT2D eigenvalue weighted by Crippen LogP contribution is 2.51. The first-order valence-corrected chi connectivity index (χ1v) is 8.69. The summed E-state index contributed by atoms with van der Waals surface area (Å²) in [7, 11) is 3.30. The van der Waals surface area contributed by atoms with Gasteiger partial charge in [-0.15, -0.1) is 11.6 Å². The quantitative estimate of drug-likeness (QED) is 0.604. The van der Waals surface area contributed by atoms with E-state index in [1.807, 2.05) is 12.1 Å². The third-order valence-corrected chi connectivity index (χ3v) is 5.97. The number of hydrogen-bond acceptors (Lipinski definition) is 2. The molecule has 4 heteroatoms. The van der Waals surface area contributed by atoms with Crippen molar-refractivity contribution >= 4 is 27.5 Å². The summed E-state index contributed by atoms with van der Waals surface area (Å²) >= 11 is 10.5. The molecular formula is C17H24BrClO2. The Morgan fingerprint density at radius 1 is 1.19 bits per heavy atom. The second-order valence-electron chi connectivity index (χ2n) is 6.47. The van der Waals surface area contributed by atoms with Gasteiger partial charge in [-0.25, -0.2) is 0 Å². The molecule has 1 aliphatic carbocycles. The maximum Gasteiger partial charge on any atom is 0.161 e. The van der Waals surface area contributed by atoms with Crippen LogP contribution in [0, 0.1) is 11.3 Å². The number of halogens is 2. The lowest BCUT2D eigenvalue weighted by Crippen LogP contribution is -2.31. The lowest BCUT2D eigenvalue weighted by Gasteiger charge is -2.41. The lowest BCUT2D eigenvalue weighted by atomic mass is 9.66. The molecule has 1 aliphatic rings. The Bertz CT molecular complexity index is 502. The fraction of sp³-hybridized carbons (Fsp3) is 0.647. The molecule has 2 unspecified atom stereocenters. The first-order valence-electron chi connectivity index (χ1n) is 7.46. The van der Waals surface area contributed by atoms with Gasteiger partial charge in [0.15, 0.2) is 11.5 Å². The standard InChI is InChI=1S/C17H24BrClO2/c1-17(2)8-6-5-7-12(17)16(19)11-9-14(20-3)15(21-4)10-13(11)18/h9-10,12,16H,5-8H2,1-4H3. The van der Waals surface area contributed by atoms with Gasteiger partial charge in [-0.05, 0) is 41.9 Å². The number of methoxy groups -OCH3 is 2. The summed E-state index contributed by atoms with van der Waals surface area (Å²) < 4.78 is 11.7. The van der Waals surface area contributed by atoms with Crippen LogP contribution in [0.5, 0.6) is 11.5 Å². The normalized spacial score (nSPS) is 22.7. The average Bonchev–Trinajstić information content (AvgIpc) is 2.45. The van der Waals surface area contributed by atoms with Crippen molar-refractivity contribution in [2.45, 2.75) is 44.9 Å². The first kappa shape index (κ1) is 17.0. The molecule has 0 aromatic heterocycles. The van der Waals surface area contributed by atoms with Crippen LogP contribution >= 0.6 is 27.5 Å². The van der Waals surface area contributed by atoms with Crippen LogP contribution in [0.1, 0.15) is 50.5 Å². The number of hydrogen-bond donors (Lipinski definition) is 0. The largest absolute Gasteiger partial charge is 0.493 e. The van der Waals surface area contributed by atoms with E-state index in [9.17, 15) is 0 Å². The molecule has 21 heavy (non-hydrogen) atoms. The van der Waals surface area contributed by atoms with Crippen LogP contribution in [0.25, 0.3) is 0 Å². The maximum absolute atomic E-state index is 6.87. The van der Waals surface area contributed by atoms with Crippen LogP contribution in [-0.4, -0.2) is 14.2 Å². The van der Waals surface area contributed by atoms with Crippen LogP contribution in [0.2, 0.25) is 0 Å². The Morgan fingerprint density at radius 3 is 2.38 bits per heavy atom. The topological polar surface area (TPSA) is 18.5 Å². The molecule has 1 aromatic rings. The predicted molar refractivity (Wildman–Crippen MR) is 91.6 cm³/mol. The third-order valence-electron chi connectivity index (χ3n) is 4.74. The molecule has 0 radical (unpaired) electrons. The first-order chi connectivity index (χ1) is 9.90. The van der Waals surface area contributed by atoms with E-state index in [4.69, 9.17) is 21.1 Å². The summed E-state index contributed by atoms with van der Waals surface area (Å²) in [4.78, 5) is 0. The zero-order valence-electron chi connectivity index (χ0n) is 13.2. The molecule has 0 aliphatic heterocycles. The molecule has 0 heterocycles. The lowest BCUT2D eigenvalue weighted by molar-refractivity contribution is 0.133. The molecule has 1 aromatic carbocycles. The average molecular weight is 376 g/mol. The molecule has 0 N–H and O–H groups in total. The molecule has 118 valence electrons. The third kappa shape index (κ3) is 3.50. The van der Waals surface area contributed by atoms with Crippen molar-refractivity contribution in [1.29, 1.82) is 0 Å². The number of ether oxygens (including phenoxy) is 2. The van der Waals surface area contributed by atoms with Gasteiger partial charge >= 0.3 is 0 Å². The zero-order valence-corrected chi connectivity index (χ0v) is 15.6. The van der Waals surface area contributed by atoms with Crippen LogP contribution < -0.4 is 9.47 Å². The van der Waals surface area contributed by atoms with Gasteiger partial charge in [0.2, 0.25) is 0 Å². The highest BCUT2D eigenvalue weighted by Gasteiger charge is 2.38. The van der Waals surface area contributed by atoms with Gasteiger partial charge in [-0.1, -0.05) is 42.6 Å². The SMILES string of the molecule is COc1cc(Br)c(C(Cl)C2CCCCC2(C)C)cc1OC. The van der Waals surface area contributed by atoms with E-state index < -0.39 is 0 Å². The minimum absolute atomic E-state index is 0.0190. The van der Waals surface area contributed by atoms with Crippen LogP contribution in [0.3, 0.4) is 0 Å². The van der Waals surface area contributed by atoms with Crippen molar-refractivity contribution in [1.82, 2.24) is 0 Å². The van der Waals surface area contributed by atoms with Gasteiger partial charge in [0.05, 0.1) is 19.6 Å². The van der Waals surface area contributed by atoms with Crippen LogP contribution in [0.4, 0.5) is 0 Å². The molecule has 0 bridgehead atoms. The second-order valence-corrected chi connectivity index (χ2v) is 7.80. The van der Waals surface area contributed by atoms with Crippen molar-refractivity contribution in [3.63, 3.8) is 0 Å². The van der Waals surface area contributed by atoms with E-state index in [1.165, 1.54) is 25.7 Å². The van der Waals surface area contributed by atoms with Crippen LogP contribution in [-0.2, 0) is 0 Å². The van der Waals surface area contributed by atoms with E-state index in [0.717, 1.165) is 21.5 Å². The Balaban J connectivity index is 2.36. The summed E-state index contributed by atoms with van der Waals surface area (Å²) in [5.41, 5.74) is 1.37. The number of benzene rings is 1. The van der Waals surface area contributed by atoms with Gasteiger partial charge in [0.25, 0.3) is 0 Å². The van der Waals surface area contributed by atoms with Gasteiger partial charge < -0.3 is 9.47 Å². The Labute approximate surface area is 141 Å². The van der Waals surface area contributed by atoms with Gasteiger partial charge in [-0.3, -0.25) is 0 Å². The predicted octanol–water partition coefficient (Wildman–Crippen LogP) is 5.96. The van der Waals surface area contributed by atoms with Gasteiger partial charge in [0, 0.05) is 4.47 Å². The van der Waals surface area contributed by atoms with Crippen molar-refractivity contribution < 1.29 is 9.47 Å². The molecule has 0 amide bonds. The van der Waals surface area contributed by atoms with Crippen molar-refractivity contribution in [2.24, 2.45) is 11.3 Å². The van der Waals surface area contributed by atoms with Crippen LogP contribution in [0.15, 0.2) is 16.6 Å². The zero-order chi connectivity index (χ0) is 15.6. The molecule has 0 spiro atoms. The van der Waals surface area contributed by atoms with Gasteiger partial charge in [0.1, 0.15) is 0 Å². The monoisotopic (exact) mass is 374 g/mol. The van der Waals surface area contributed by atoms with Crippen molar-refractivity contribution in [3.05, 3.63) is 22.2 Å². The summed E-state index contributed by atoms with van der Waals surface area (Å²) in [5.74, 6) is 1.93. The smallest absolute Gasteiger partial charge is 0.161 e. The minimum Gasteiger partial charge on any atom is -0.493 e. The van der Waals surface area contributed by atoms with E-state index >= 15 is 0 Å². The Morgan fingerprint density at radius 2 is 1.81 bits per heavy atom. The summed E-state index contributed by atoms with van der Waals surface area (Å²) in [5, 5.41) is -0.0190. The maximum atomic E-state index is 6.87. The molecule has 2 atom stereocenters. The highest BCUT2D eigenvalue weighted by atomic mass is 79.9. The van der Waals surface area contributed by atoms with E-state index in [0.29, 0.717) is 5.92 Å². The van der Waals surface area contributed by atoms with E-state index in [-0.39, 0.29) is 10.8 Å². The Kier molecular flexibility index (Phi) is 5.48. The van der Waals surface area contributed by atoms with E-state index in [2.05, 4.69) is 29.8 Å². The molecule has 0 saturated heterocycles. The molecule has 1 fully saturated rings. The summed E-state index contributed by atoms with van der Waals surface area (Å²) in [6.07, 6.45) is 5.00. The molecule has 1 saturated carbocycles. The number of alkyl halides is 1. The Hall–Kier alpha value is -0.410.